The molecule has 32 heavy (non-hydrogen) atoms. The van der Waals surface area contributed by atoms with Gasteiger partial charge in [0.2, 0.25) is 21.8 Å². The number of anilines is 1. The van der Waals surface area contributed by atoms with Gasteiger partial charge in [-0.2, -0.15) is 4.31 Å². The Hall–Kier alpha value is -1.93. The van der Waals surface area contributed by atoms with Crippen LogP contribution in [0, 0.1) is 11.8 Å². The Morgan fingerprint density at radius 3 is 2.59 bits per heavy atom. The van der Waals surface area contributed by atoms with Gasteiger partial charge in [-0.3, -0.25) is 9.59 Å². The topological polar surface area (TPSA) is 78.0 Å². The summed E-state index contributed by atoms with van der Waals surface area (Å²) in [7, 11) is -1.89. The lowest BCUT2D eigenvalue weighted by Gasteiger charge is -2.33. The molecule has 2 amide bonds. The Balaban J connectivity index is 1.50. The zero-order chi connectivity index (χ0) is 23.0. The highest BCUT2D eigenvalue weighted by Gasteiger charge is 2.40. The van der Waals surface area contributed by atoms with Gasteiger partial charge in [0.1, 0.15) is 0 Å². The van der Waals surface area contributed by atoms with Gasteiger partial charge in [0.25, 0.3) is 0 Å². The number of hydrogen-bond donors (Lipinski definition) is 0. The van der Waals surface area contributed by atoms with Crippen molar-refractivity contribution in [3.63, 3.8) is 0 Å². The van der Waals surface area contributed by atoms with Crippen LogP contribution in [0.15, 0.2) is 23.1 Å². The Bertz CT molecular complexity index is 989. The fourth-order valence-electron chi connectivity index (χ4n) is 4.96. The van der Waals surface area contributed by atoms with Crippen LogP contribution in [0.4, 0.5) is 5.69 Å². The molecule has 0 aromatic heterocycles. The molecule has 0 spiro atoms. The molecule has 2 atom stereocenters. The van der Waals surface area contributed by atoms with Gasteiger partial charge in [0, 0.05) is 44.3 Å². The Morgan fingerprint density at radius 1 is 1.16 bits per heavy atom. The quantitative estimate of drug-likeness (QED) is 0.625. The molecule has 0 N–H and O–H groups in total. The second-order valence-corrected chi connectivity index (χ2v) is 11.6. The molecule has 1 aromatic rings. The molecule has 4 rings (SSSR count). The SMILES string of the molecule is CCCCN(C)C(=O)C1CCCN(S(=O)(=O)c2ccc3c(c2)CC(C)N3C(=O)C2CC2)C1. The summed E-state index contributed by atoms with van der Waals surface area (Å²) >= 11 is 0. The molecule has 3 aliphatic rings. The molecular formula is C24H35N3O4S. The monoisotopic (exact) mass is 461 g/mol. The summed E-state index contributed by atoms with van der Waals surface area (Å²) in [6.45, 7) is 5.48. The first-order valence-electron chi connectivity index (χ1n) is 11.9. The van der Waals surface area contributed by atoms with E-state index in [-0.39, 0.29) is 41.1 Å². The van der Waals surface area contributed by atoms with Crippen molar-refractivity contribution in [3.05, 3.63) is 23.8 Å². The van der Waals surface area contributed by atoms with E-state index in [2.05, 4.69) is 6.92 Å². The smallest absolute Gasteiger partial charge is 0.243 e. The van der Waals surface area contributed by atoms with Crippen molar-refractivity contribution in [2.75, 3.05) is 31.6 Å². The highest BCUT2D eigenvalue weighted by Crippen LogP contribution is 2.40. The number of fused-ring (bicyclic) bond motifs is 1. The van der Waals surface area contributed by atoms with Crippen LogP contribution in [0.3, 0.4) is 0 Å². The van der Waals surface area contributed by atoms with Gasteiger partial charge in [-0.25, -0.2) is 8.42 Å². The summed E-state index contributed by atoms with van der Waals surface area (Å²) < 4.78 is 28.3. The van der Waals surface area contributed by atoms with E-state index in [4.69, 9.17) is 0 Å². The molecule has 1 saturated heterocycles. The lowest BCUT2D eigenvalue weighted by Crippen LogP contribution is -2.46. The molecule has 2 aliphatic heterocycles. The second-order valence-electron chi connectivity index (χ2n) is 9.64. The molecule has 176 valence electrons. The number of amides is 2. The van der Waals surface area contributed by atoms with Gasteiger partial charge in [-0.1, -0.05) is 13.3 Å². The summed E-state index contributed by atoms with van der Waals surface area (Å²) in [5, 5.41) is 0. The molecule has 0 radical (unpaired) electrons. The minimum Gasteiger partial charge on any atom is -0.345 e. The fraction of sp³-hybridized carbons (Fsp3) is 0.667. The number of piperidine rings is 1. The van der Waals surface area contributed by atoms with E-state index in [0.29, 0.717) is 25.9 Å². The Morgan fingerprint density at radius 2 is 1.91 bits per heavy atom. The van der Waals surface area contributed by atoms with E-state index < -0.39 is 10.0 Å². The van der Waals surface area contributed by atoms with Crippen LogP contribution in [0.5, 0.6) is 0 Å². The molecule has 0 bridgehead atoms. The molecule has 1 aliphatic carbocycles. The minimum absolute atomic E-state index is 0.0374. The average molecular weight is 462 g/mol. The Kier molecular flexibility index (Phi) is 6.63. The summed E-state index contributed by atoms with van der Waals surface area (Å²) in [5.41, 5.74) is 1.76. The lowest BCUT2D eigenvalue weighted by atomic mass is 9.98. The summed E-state index contributed by atoms with van der Waals surface area (Å²) in [5.74, 6) is 0.0402. The zero-order valence-corrected chi connectivity index (χ0v) is 20.2. The minimum atomic E-state index is -3.69. The molecule has 8 heteroatoms. The fourth-order valence-corrected chi connectivity index (χ4v) is 6.53. The number of hydrogen-bond acceptors (Lipinski definition) is 4. The van der Waals surface area contributed by atoms with E-state index in [1.807, 2.05) is 18.9 Å². The molecule has 1 aromatic carbocycles. The lowest BCUT2D eigenvalue weighted by molar-refractivity contribution is -0.135. The van der Waals surface area contributed by atoms with Crippen molar-refractivity contribution in [1.29, 1.82) is 0 Å². The summed E-state index contributed by atoms with van der Waals surface area (Å²) in [6, 6.07) is 5.20. The second kappa shape index (κ2) is 9.14. The van der Waals surface area contributed by atoms with E-state index in [9.17, 15) is 18.0 Å². The standard InChI is InChI=1S/C24H35N3O4S/c1-4-5-12-25(3)23(28)19-7-6-13-26(16-19)32(30,31)21-10-11-22-20(15-21)14-17(2)27(22)24(29)18-8-9-18/h10-11,15,17-19H,4-9,12-14,16H2,1-3H3. The van der Waals surface area contributed by atoms with Crippen LogP contribution < -0.4 is 4.90 Å². The number of benzene rings is 1. The number of carbonyl (C=O) groups is 2. The van der Waals surface area contributed by atoms with Gasteiger partial charge >= 0.3 is 0 Å². The average Bonchev–Trinajstić information content (AvgIpc) is 3.58. The number of rotatable bonds is 7. The number of sulfonamides is 1. The van der Waals surface area contributed by atoms with Crippen LogP contribution in [0.25, 0.3) is 0 Å². The van der Waals surface area contributed by atoms with Gasteiger partial charge in [-0.05, 0) is 69.2 Å². The van der Waals surface area contributed by atoms with Crippen molar-refractivity contribution in [2.24, 2.45) is 11.8 Å². The summed E-state index contributed by atoms with van der Waals surface area (Å²) in [4.78, 5) is 29.4. The van der Waals surface area contributed by atoms with Gasteiger partial charge < -0.3 is 9.80 Å². The number of nitrogens with zero attached hydrogens (tertiary/aromatic N) is 3. The number of carbonyl (C=O) groups excluding carboxylic acids is 2. The maximum atomic E-state index is 13.4. The third kappa shape index (κ3) is 4.44. The largest absolute Gasteiger partial charge is 0.345 e. The summed E-state index contributed by atoms with van der Waals surface area (Å²) in [6.07, 6.45) is 5.94. The van der Waals surface area contributed by atoms with Crippen molar-refractivity contribution in [1.82, 2.24) is 9.21 Å². The van der Waals surface area contributed by atoms with Gasteiger partial charge in [-0.15, -0.1) is 0 Å². The normalized spacial score (nSPS) is 23.8. The zero-order valence-electron chi connectivity index (χ0n) is 19.4. The third-order valence-electron chi connectivity index (χ3n) is 7.03. The van der Waals surface area contributed by atoms with E-state index in [0.717, 1.165) is 43.4 Å². The highest BCUT2D eigenvalue weighted by molar-refractivity contribution is 7.89. The predicted molar refractivity (Wildman–Crippen MR) is 124 cm³/mol. The third-order valence-corrected chi connectivity index (χ3v) is 8.89. The maximum absolute atomic E-state index is 13.4. The van der Waals surface area contributed by atoms with Crippen LogP contribution in [-0.2, 0) is 26.0 Å². The molecule has 2 heterocycles. The van der Waals surface area contributed by atoms with E-state index in [1.165, 1.54) is 4.31 Å². The van der Waals surface area contributed by atoms with E-state index in [1.54, 1.807) is 23.1 Å². The van der Waals surface area contributed by atoms with Crippen molar-refractivity contribution in [3.8, 4) is 0 Å². The first-order chi connectivity index (χ1) is 15.2. The van der Waals surface area contributed by atoms with Crippen LogP contribution in [-0.4, -0.2) is 62.2 Å². The Labute approximate surface area is 191 Å². The maximum Gasteiger partial charge on any atom is 0.243 e. The van der Waals surface area contributed by atoms with Gasteiger partial charge in [0.15, 0.2) is 0 Å². The highest BCUT2D eigenvalue weighted by atomic mass is 32.2. The van der Waals surface area contributed by atoms with Crippen molar-refractivity contribution >= 4 is 27.5 Å². The van der Waals surface area contributed by atoms with Crippen LogP contribution >= 0.6 is 0 Å². The number of unbranched alkanes of at least 4 members (excludes halogenated alkanes) is 1. The first kappa shape index (κ1) is 23.2. The van der Waals surface area contributed by atoms with Crippen LogP contribution in [0.2, 0.25) is 0 Å². The molecule has 1 saturated carbocycles. The van der Waals surface area contributed by atoms with Crippen LogP contribution in [0.1, 0.15) is 57.9 Å². The van der Waals surface area contributed by atoms with Crippen molar-refractivity contribution < 1.29 is 18.0 Å². The predicted octanol–water partition coefficient (Wildman–Crippen LogP) is 3.03. The van der Waals surface area contributed by atoms with E-state index >= 15 is 0 Å². The molecule has 7 nitrogen and oxygen atoms in total. The molecular weight excluding hydrogens is 426 g/mol. The van der Waals surface area contributed by atoms with Gasteiger partial charge in [0.05, 0.1) is 10.8 Å². The first-order valence-corrected chi connectivity index (χ1v) is 13.4. The molecule has 2 fully saturated rings. The molecule has 2 unspecified atom stereocenters. The van der Waals surface area contributed by atoms with Crippen molar-refractivity contribution in [2.45, 2.75) is 69.7 Å².